The molecule has 10 rings (SSSR count). The van der Waals surface area contributed by atoms with Crippen LogP contribution in [0.3, 0.4) is 0 Å². The van der Waals surface area contributed by atoms with Crippen molar-refractivity contribution in [1.82, 2.24) is 15.0 Å². The van der Waals surface area contributed by atoms with Crippen LogP contribution in [0.15, 0.2) is 152 Å². The van der Waals surface area contributed by atoms with E-state index in [0.29, 0.717) is 17.5 Å². The topological polar surface area (TPSA) is 38.7 Å². The van der Waals surface area contributed by atoms with E-state index in [2.05, 4.69) is 179 Å². The number of fused-ring (bicyclic) bond motifs is 7. The summed E-state index contributed by atoms with van der Waals surface area (Å²) in [5.74, 6) is 2.03. The van der Waals surface area contributed by atoms with E-state index in [-0.39, 0.29) is 10.8 Å². The van der Waals surface area contributed by atoms with Gasteiger partial charge < -0.3 is 0 Å². The lowest BCUT2D eigenvalue weighted by molar-refractivity contribution is 0.660. The van der Waals surface area contributed by atoms with Gasteiger partial charge in [0.05, 0.1) is 0 Å². The van der Waals surface area contributed by atoms with E-state index >= 15 is 0 Å². The fraction of sp³-hybridized carbons (Fsp3) is 0.122. The van der Waals surface area contributed by atoms with Crippen LogP contribution in [0.5, 0.6) is 0 Å². The van der Waals surface area contributed by atoms with Gasteiger partial charge in [-0.1, -0.05) is 167 Å². The molecule has 3 heteroatoms. The number of hydrogen-bond acceptors (Lipinski definition) is 3. The Balaban J connectivity index is 1.14. The standard InChI is InChI=1S/C49H37N3/c1-48(2)41-18-10-8-15-38(41)44-39(16-11-19-42(44)48)47-51-45(32-23-20-31(21-24-32)34-25-22-30-12-5-6-13-33(30)28-34)50-46(52-47)35-26-27-37-36-14-7-9-17-40(36)49(3,4)43(37)29-35/h5-29H,1-4H3. The molecular formula is C49H37N3. The Hall–Kier alpha value is -6.19. The summed E-state index contributed by atoms with van der Waals surface area (Å²) in [7, 11) is 0. The zero-order chi connectivity index (χ0) is 35.2. The maximum atomic E-state index is 5.29. The Morgan fingerprint density at radius 2 is 0.846 bits per heavy atom. The summed E-state index contributed by atoms with van der Waals surface area (Å²) in [6.45, 7) is 9.25. The van der Waals surface area contributed by atoms with Crippen LogP contribution in [0, 0.1) is 0 Å². The normalized spacial score (nSPS) is 14.5. The van der Waals surface area contributed by atoms with Gasteiger partial charge in [0.1, 0.15) is 0 Å². The summed E-state index contributed by atoms with van der Waals surface area (Å²) < 4.78 is 0. The van der Waals surface area contributed by atoms with E-state index in [0.717, 1.165) is 22.3 Å². The van der Waals surface area contributed by atoms with Gasteiger partial charge in [0.15, 0.2) is 17.5 Å². The van der Waals surface area contributed by atoms with E-state index in [1.807, 2.05) is 0 Å². The van der Waals surface area contributed by atoms with Gasteiger partial charge >= 0.3 is 0 Å². The van der Waals surface area contributed by atoms with Crippen molar-refractivity contribution in [2.75, 3.05) is 0 Å². The first kappa shape index (κ1) is 30.6. The molecule has 1 heterocycles. The minimum Gasteiger partial charge on any atom is -0.208 e. The van der Waals surface area contributed by atoms with Crippen LogP contribution in [0.1, 0.15) is 49.9 Å². The number of nitrogens with zero attached hydrogens (tertiary/aromatic N) is 3. The third-order valence-corrected chi connectivity index (χ3v) is 11.6. The van der Waals surface area contributed by atoms with Gasteiger partial charge in [-0.25, -0.2) is 15.0 Å². The van der Waals surface area contributed by atoms with Gasteiger partial charge in [-0.15, -0.1) is 0 Å². The fourth-order valence-electron chi connectivity index (χ4n) is 8.72. The van der Waals surface area contributed by atoms with Crippen LogP contribution in [-0.4, -0.2) is 15.0 Å². The molecule has 0 saturated heterocycles. The van der Waals surface area contributed by atoms with Crippen molar-refractivity contribution in [3.8, 4) is 67.5 Å². The van der Waals surface area contributed by atoms with Gasteiger partial charge in [-0.2, -0.15) is 0 Å². The van der Waals surface area contributed by atoms with Crippen LogP contribution in [0.25, 0.3) is 78.3 Å². The van der Waals surface area contributed by atoms with Gasteiger partial charge in [0.2, 0.25) is 0 Å². The molecule has 0 N–H and O–H groups in total. The molecule has 0 bridgehead atoms. The van der Waals surface area contributed by atoms with E-state index in [1.54, 1.807) is 0 Å². The van der Waals surface area contributed by atoms with E-state index in [1.165, 1.54) is 60.8 Å². The molecule has 0 atom stereocenters. The molecule has 0 fully saturated rings. The zero-order valence-electron chi connectivity index (χ0n) is 29.8. The van der Waals surface area contributed by atoms with Crippen molar-refractivity contribution in [3.63, 3.8) is 0 Å². The average molecular weight is 668 g/mol. The third-order valence-electron chi connectivity index (χ3n) is 11.6. The lowest BCUT2D eigenvalue weighted by Crippen LogP contribution is -2.15. The predicted molar refractivity (Wildman–Crippen MR) is 214 cm³/mol. The highest BCUT2D eigenvalue weighted by Gasteiger charge is 2.38. The lowest BCUT2D eigenvalue weighted by atomic mass is 9.82. The average Bonchev–Trinajstić information content (AvgIpc) is 3.57. The SMILES string of the molecule is CC1(C)c2ccccc2-c2ccc(-c3nc(-c4ccc(-c5ccc6ccccc6c5)cc4)nc(-c4cccc5c4-c4ccccc4C5(C)C)n3)cc21. The predicted octanol–water partition coefficient (Wildman–Crippen LogP) is 12.3. The van der Waals surface area contributed by atoms with Gasteiger partial charge in [0, 0.05) is 27.5 Å². The summed E-state index contributed by atoms with van der Waals surface area (Å²) in [4.78, 5) is 15.8. The monoisotopic (exact) mass is 667 g/mol. The number of hydrogen-bond donors (Lipinski definition) is 0. The first-order valence-electron chi connectivity index (χ1n) is 18.1. The Bertz CT molecular complexity index is 2740. The van der Waals surface area contributed by atoms with Crippen LogP contribution in [-0.2, 0) is 10.8 Å². The second kappa shape index (κ2) is 11.2. The van der Waals surface area contributed by atoms with E-state index < -0.39 is 0 Å². The summed E-state index contributed by atoms with van der Waals surface area (Å²) in [5.41, 5.74) is 15.4. The van der Waals surface area contributed by atoms with Crippen molar-refractivity contribution in [3.05, 3.63) is 174 Å². The van der Waals surface area contributed by atoms with Crippen molar-refractivity contribution >= 4 is 10.8 Å². The molecule has 0 aliphatic heterocycles. The van der Waals surface area contributed by atoms with E-state index in [9.17, 15) is 0 Å². The second-order valence-electron chi connectivity index (χ2n) is 15.3. The first-order valence-corrected chi connectivity index (χ1v) is 18.1. The Kier molecular flexibility index (Phi) is 6.57. The highest BCUT2D eigenvalue weighted by molar-refractivity contribution is 5.92. The number of aromatic nitrogens is 3. The lowest BCUT2D eigenvalue weighted by Gasteiger charge is -2.22. The molecule has 8 aromatic rings. The zero-order valence-corrected chi connectivity index (χ0v) is 29.8. The Labute approximate surface area is 304 Å². The molecule has 3 nitrogen and oxygen atoms in total. The largest absolute Gasteiger partial charge is 0.208 e. The fourth-order valence-corrected chi connectivity index (χ4v) is 8.72. The molecule has 1 aromatic heterocycles. The minimum atomic E-state index is -0.130. The highest BCUT2D eigenvalue weighted by atomic mass is 15.0. The van der Waals surface area contributed by atoms with Crippen LogP contribution >= 0.6 is 0 Å². The Morgan fingerprint density at radius 1 is 0.327 bits per heavy atom. The summed E-state index contributed by atoms with van der Waals surface area (Å²) in [6.07, 6.45) is 0. The third kappa shape index (κ3) is 4.55. The van der Waals surface area contributed by atoms with Gasteiger partial charge in [-0.05, 0) is 78.5 Å². The Morgan fingerprint density at radius 3 is 1.63 bits per heavy atom. The van der Waals surface area contributed by atoms with E-state index in [4.69, 9.17) is 15.0 Å². The van der Waals surface area contributed by atoms with Gasteiger partial charge in [0.25, 0.3) is 0 Å². The summed E-state index contributed by atoms with van der Waals surface area (Å²) >= 11 is 0. The van der Waals surface area contributed by atoms with Crippen molar-refractivity contribution in [2.24, 2.45) is 0 Å². The molecule has 0 saturated carbocycles. The summed E-state index contributed by atoms with van der Waals surface area (Å²) in [6, 6.07) is 54.6. The van der Waals surface area contributed by atoms with Crippen LogP contribution in [0.2, 0.25) is 0 Å². The molecule has 0 spiro atoms. The molecule has 0 amide bonds. The quantitative estimate of drug-likeness (QED) is 0.187. The smallest absolute Gasteiger partial charge is 0.164 e. The van der Waals surface area contributed by atoms with Gasteiger partial charge in [-0.3, -0.25) is 0 Å². The highest BCUT2D eigenvalue weighted by Crippen LogP contribution is 2.52. The van der Waals surface area contributed by atoms with Crippen molar-refractivity contribution in [1.29, 1.82) is 0 Å². The van der Waals surface area contributed by atoms with Crippen molar-refractivity contribution < 1.29 is 0 Å². The van der Waals surface area contributed by atoms with Crippen LogP contribution < -0.4 is 0 Å². The molecular weight excluding hydrogens is 631 g/mol. The molecule has 0 unspecified atom stereocenters. The van der Waals surface area contributed by atoms with Crippen LogP contribution in [0.4, 0.5) is 0 Å². The summed E-state index contributed by atoms with van der Waals surface area (Å²) in [5, 5.41) is 2.47. The number of rotatable bonds is 4. The second-order valence-corrected chi connectivity index (χ2v) is 15.3. The molecule has 7 aromatic carbocycles. The maximum Gasteiger partial charge on any atom is 0.164 e. The molecule has 52 heavy (non-hydrogen) atoms. The minimum absolute atomic E-state index is 0.125. The maximum absolute atomic E-state index is 5.29. The molecule has 248 valence electrons. The first-order chi connectivity index (χ1) is 25.3. The number of benzene rings is 7. The van der Waals surface area contributed by atoms with Crippen molar-refractivity contribution in [2.45, 2.75) is 38.5 Å². The molecule has 2 aliphatic carbocycles. The molecule has 2 aliphatic rings. The molecule has 0 radical (unpaired) electrons.